The Morgan fingerprint density at radius 1 is 0.966 bits per heavy atom. The number of ether oxygens (including phenoxy) is 3. The molecule has 6 nitrogen and oxygen atoms in total. The number of pyridine rings is 1. The SMILES string of the molecule is COCCN1CCC(Nc2c3ccccc3nc3cc(OC)c(OC)cc23)CC1. The molecular formula is C23H29N3O3. The van der Waals surface area contributed by atoms with E-state index in [9.17, 15) is 0 Å². The number of nitrogens with one attached hydrogen (secondary N) is 1. The maximum atomic E-state index is 5.55. The average molecular weight is 396 g/mol. The molecule has 6 heteroatoms. The number of anilines is 1. The van der Waals surface area contributed by atoms with E-state index in [1.165, 1.54) is 0 Å². The molecule has 1 aliphatic rings. The van der Waals surface area contributed by atoms with E-state index >= 15 is 0 Å². The molecule has 0 amide bonds. The second kappa shape index (κ2) is 8.84. The molecule has 0 unspecified atom stereocenters. The molecule has 1 fully saturated rings. The topological polar surface area (TPSA) is 55.9 Å². The van der Waals surface area contributed by atoms with Crippen LogP contribution in [-0.2, 0) is 4.74 Å². The van der Waals surface area contributed by atoms with Gasteiger partial charge in [0.25, 0.3) is 0 Å². The lowest BCUT2D eigenvalue weighted by Gasteiger charge is -2.33. The van der Waals surface area contributed by atoms with E-state index in [-0.39, 0.29) is 0 Å². The first-order chi connectivity index (χ1) is 14.2. The third-order valence-corrected chi connectivity index (χ3v) is 5.73. The first-order valence-electron chi connectivity index (χ1n) is 10.2. The summed E-state index contributed by atoms with van der Waals surface area (Å²) in [5.41, 5.74) is 3.01. The van der Waals surface area contributed by atoms with Crippen molar-refractivity contribution in [2.24, 2.45) is 0 Å². The van der Waals surface area contributed by atoms with Gasteiger partial charge in [-0.15, -0.1) is 0 Å². The van der Waals surface area contributed by atoms with Gasteiger partial charge < -0.3 is 24.4 Å². The zero-order valence-electron chi connectivity index (χ0n) is 17.4. The Balaban J connectivity index is 1.69. The summed E-state index contributed by atoms with van der Waals surface area (Å²) in [4.78, 5) is 7.33. The summed E-state index contributed by atoms with van der Waals surface area (Å²) in [6.07, 6.45) is 2.21. The van der Waals surface area contributed by atoms with Crippen molar-refractivity contribution >= 4 is 27.5 Å². The van der Waals surface area contributed by atoms with Crippen molar-refractivity contribution in [1.29, 1.82) is 0 Å². The van der Waals surface area contributed by atoms with Gasteiger partial charge in [-0.2, -0.15) is 0 Å². The minimum absolute atomic E-state index is 0.427. The fourth-order valence-electron chi connectivity index (χ4n) is 4.10. The number of methoxy groups -OCH3 is 3. The van der Waals surface area contributed by atoms with E-state index in [0.29, 0.717) is 11.8 Å². The van der Waals surface area contributed by atoms with E-state index in [2.05, 4.69) is 28.4 Å². The average Bonchev–Trinajstić information content (AvgIpc) is 2.77. The molecule has 0 bridgehead atoms. The van der Waals surface area contributed by atoms with E-state index < -0.39 is 0 Å². The van der Waals surface area contributed by atoms with Gasteiger partial charge in [0.2, 0.25) is 0 Å². The number of benzene rings is 2. The quantitative estimate of drug-likeness (QED) is 0.612. The standard InChI is InChI=1S/C23H29N3O3/c1-27-13-12-26-10-8-16(9-11-26)24-23-17-6-4-5-7-19(17)25-20-15-22(29-3)21(28-2)14-18(20)23/h4-7,14-16H,8-13H2,1-3H3,(H,24,25). The summed E-state index contributed by atoms with van der Waals surface area (Å²) in [5, 5.41) is 6.03. The van der Waals surface area contributed by atoms with Gasteiger partial charge in [0.05, 0.1) is 37.5 Å². The molecule has 1 saturated heterocycles. The first-order valence-corrected chi connectivity index (χ1v) is 10.2. The van der Waals surface area contributed by atoms with Crippen LogP contribution in [0.15, 0.2) is 36.4 Å². The Kier molecular flexibility index (Phi) is 6.02. The molecule has 1 aromatic heterocycles. The molecule has 2 aromatic carbocycles. The Bertz CT molecular complexity index is 984. The highest BCUT2D eigenvalue weighted by atomic mass is 16.5. The van der Waals surface area contributed by atoms with Crippen LogP contribution in [0.25, 0.3) is 21.8 Å². The van der Waals surface area contributed by atoms with E-state index in [1.54, 1.807) is 21.3 Å². The lowest BCUT2D eigenvalue weighted by Crippen LogP contribution is -2.40. The molecule has 0 atom stereocenters. The van der Waals surface area contributed by atoms with Crippen LogP contribution in [0.4, 0.5) is 5.69 Å². The summed E-state index contributed by atoms with van der Waals surface area (Å²) in [5.74, 6) is 1.41. The Labute approximate surface area is 171 Å². The number of piperidine rings is 1. The maximum absolute atomic E-state index is 5.55. The number of hydrogen-bond donors (Lipinski definition) is 1. The normalized spacial score (nSPS) is 15.7. The minimum atomic E-state index is 0.427. The van der Waals surface area contributed by atoms with Crippen LogP contribution in [0.2, 0.25) is 0 Å². The molecule has 0 radical (unpaired) electrons. The van der Waals surface area contributed by atoms with Gasteiger partial charge in [0.15, 0.2) is 11.5 Å². The van der Waals surface area contributed by atoms with Crippen molar-refractivity contribution in [3.8, 4) is 11.5 Å². The smallest absolute Gasteiger partial charge is 0.162 e. The van der Waals surface area contributed by atoms with Crippen molar-refractivity contribution in [3.63, 3.8) is 0 Å². The Morgan fingerprint density at radius 3 is 2.41 bits per heavy atom. The minimum Gasteiger partial charge on any atom is -0.493 e. The van der Waals surface area contributed by atoms with Crippen LogP contribution < -0.4 is 14.8 Å². The largest absolute Gasteiger partial charge is 0.493 e. The third-order valence-electron chi connectivity index (χ3n) is 5.73. The fraction of sp³-hybridized carbons (Fsp3) is 0.435. The summed E-state index contributed by atoms with van der Waals surface area (Å²) in [7, 11) is 5.08. The van der Waals surface area contributed by atoms with Crippen LogP contribution in [0.1, 0.15) is 12.8 Å². The van der Waals surface area contributed by atoms with Crippen molar-refractivity contribution in [1.82, 2.24) is 9.88 Å². The number of likely N-dealkylation sites (tertiary alicyclic amines) is 1. The molecule has 154 valence electrons. The molecule has 29 heavy (non-hydrogen) atoms. The summed E-state index contributed by atoms with van der Waals surface area (Å²) >= 11 is 0. The predicted molar refractivity (Wildman–Crippen MR) is 117 cm³/mol. The fourth-order valence-corrected chi connectivity index (χ4v) is 4.10. The van der Waals surface area contributed by atoms with Gasteiger partial charge in [-0.25, -0.2) is 4.98 Å². The second-order valence-electron chi connectivity index (χ2n) is 7.48. The van der Waals surface area contributed by atoms with Gasteiger partial charge in [-0.05, 0) is 25.0 Å². The van der Waals surface area contributed by atoms with Gasteiger partial charge in [0, 0.05) is 49.6 Å². The number of para-hydroxylation sites is 1. The molecule has 1 aliphatic heterocycles. The van der Waals surface area contributed by atoms with Crippen molar-refractivity contribution in [2.75, 3.05) is 52.9 Å². The van der Waals surface area contributed by atoms with Crippen LogP contribution in [0.5, 0.6) is 11.5 Å². The number of nitrogens with zero attached hydrogens (tertiary/aromatic N) is 2. The number of aromatic nitrogens is 1. The van der Waals surface area contributed by atoms with Crippen LogP contribution in [0, 0.1) is 0 Å². The van der Waals surface area contributed by atoms with E-state index in [4.69, 9.17) is 19.2 Å². The van der Waals surface area contributed by atoms with Gasteiger partial charge in [-0.3, -0.25) is 0 Å². The van der Waals surface area contributed by atoms with Crippen molar-refractivity contribution < 1.29 is 14.2 Å². The molecule has 0 spiro atoms. The predicted octanol–water partition coefficient (Wildman–Crippen LogP) is 3.93. The number of hydrogen-bond acceptors (Lipinski definition) is 6. The zero-order chi connectivity index (χ0) is 20.2. The monoisotopic (exact) mass is 395 g/mol. The molecule has 3 aromatic rings. The molecular weight excluding hydrogens is 366 g/mol. The van der Waals surface area contributed by atoms with Crippen LogP contribution in [-0.4, -0.2) is 63.5 Å². The maximum Gasteiger partial charge on any atom is 0.162 e. The molecule has 0 saturated carbocycles. The lowest BCUT2D eigenvalue weighted by molar-refractivity contribution is 0.132. The van der Waals surface area contributed by atoms with Gasteiger partial charge in [-0.1, -0.05) is 18.2 Å². The second-order valence-corrected chi connectivity index (χ2v) is 7.48. The molecule has 1 N–H and O–H groups in total. The third kappa shape index (κ3) is 4.09. The molecule has 0 aliphatic carbocycles. The van der Waals surface area contributed by atoms with Crippen LogP contribution >= 0.6 is 0 Å². The highest BCUT2D eigenvalue weighted by Gasteiger charge is 2.21. The number of fused-ring (bicyclic) bond motifs is 2. The zero-order valence-corrected chi connectivity index (χ0v) is 17.4. The highest BCUT2D eigenvalue weighted by Crippen LogP contribution is 2.38. The number of rotatable bonds is 7. The molecule has 4 rings (SSSR count). The molecule has 2 heterocycles. The highest BCUT2D eigenvalue weighted by molar-refractivity contribution is 6.08. The first kappa shape index (κ1) is 19.7. The summed E-state index contributed by atoms with van der Waals surface area (Å²) < 4.78 is 16.3. The Morgan fingerprint density at radius 2 is 1.69 bits per heavy atom. The Hall–Kier alpha value is -2.57. The van der Waals surface area contributed by atoms with Gasteiger partial charge in [0.1, 0.15) is 0 Å². The van der Waals surface area contributed by atoms with E-state index in [0.717, 1.165) is 72.3 Å². The van der Waals surface area contributed by atoms with Crippen molar-refractivity contribution in [3.05, 3.63) is 36.4 Å². The van der Waals surface area contributed by atoms with Gasteiger partial charge >= 0.3 is 0 Å². The lowest BCUT2D eigenvalue weighted by atomic mass is 10.0. The summed E-state index contributed by atoms with van der Waals surface area (Å²) in [6.45, 7) is 3.96. The van der Waals surface area contributed by atoms with Crippen molar-refractivity contribution in [2.45, 2.75) is 18.9 Å². The summed E-state index contributed by atoms with van der Waals surface area (Å²) in [6, 6.07) is 12.7. The van der Waals surface area contributed by atoms with Crippen LogP contribution in [0.3, 0.4) is 0 Å². The van der Waals surface area contributed by atoms with E-state index in [1.807, 2.05) is 18.2 Å².